The minimum Gasteiger partial charge on any atom is -0.382 e. The molecule has 2 heterocycles. The molecule has 0 unspecified atom stereocenters. The van der Waals surface area contributed by atoms with E-state index in [1.54, 1.807) is 18.2 Å². The number of nitrogens with one attached hydrogen (secondary N) is 1. The van der Waals surface area contributed by atoms with Gasteiger partial charge in [-0.3, -0.25) is 9.59 Å². The summed E-state index contributed by atoms with van der Waals surface area (Å²) in [5.74, 6) is -0.539. The van der Waals surface area contributed by atoms with Crippen molar-refractivity contribution in [2.75, 3.05) is 44.7 Å². The van der Waals surface area contributed by atoms with E-state index >= 15 is 0 Å². The van der Waals surface area contributed by atoms with Gasteiger partial charge in [0.2, 0.25) is 11.8 Å². The first-order valence-corrected chi connectivity index (χ1v) is 15.1. The van der Waals surface area contributed by atoms with Crippen LogP contribution >= 0.6 is 11.8 Å². The zero-order valence-electron chi connectivity index (χ0n) is 24.6. The number of nitrogens with zero attached hydrogens (tertiary/aromatic N) is 2. The van der Waals surface area contributed by atoms with Crippen molar-refractivity contribution in [1.82, 2.24) is 9.80 Å². The minimum absolute atomic E-state index is 0.0214. The van der Waals surface area contributed by atoms with Gasteiger partial charge in [0.1, 0.15) is 0 Å². The van der Waals surface area contributed by atoms with Gasteiger partial charge in [-0.15, -0.1) is 0 Å². The number of carbonyl (C=O) groups is 2. The SMILES string of the molecule is CC(C)(C)C(=O)N1CCC(Nc2cccc(Sc3ccc(/C=C/C(=O)N4CCOCC4)c(C(F)(F)F)c3C(F)(F)F)c2)CC1. The number of hydrogen-bond donors (Lipinski definition) is 1. The molecule has 0 radical (unpaired) electrons. The number of ether oxygens (including phenoxy) is 1. The summed E-state index contributed by atoms with van der Waals surface area (Å²) >= 11 is 0.584. The molecule has 2 aromatic carbocycles. The molecule has 0 saturated carbocycles. The van der Waals surface area contributed by atoms with Crippen LogP contribution in [0.25, 0.3) is 6.08 Å². The zero-order valence-corrected chi connectivity index (χ0v) is 25.5. The number of likely N-dealkylation sites (tertiary alicyclic amines) is 1. The smallest absolute Gasteiger partial charge is 0.382 e. The maximum Gasteiger partial charge on any atom is 0.418 e. The van der Waals surface area contributed by atoms with Gasteiger partial charge in [-0.2, -0.15) is 26.3 Å². The van der Waals surface area contributed by atoms with Gasteiger partial charge >= 0.3 is 12.4 Å². The molecule has 0 aromatic heterocycles. The van der Waals surface area contributed by atoms with Crippen LogP contribution in [0.2, 0.25) is 0 Å². The number of amides is 2. The Hall–Kier alpha value is -3.19. The highest BCUT2D eigenvalue weighted by atomic mass is 32.2. The number of rotatable bonds is 6. The number of anilines is 1. The lowest BCUT2D eigenvalue weighted by Gasteiger charge is -2.36. The topological polar surface area (TPSA) is 61.9 Å². The molecule has 2 aliphatic heterocycles. The highest BCUT2D eigenvalue weighted by Gasteiger charge is 2.46. The molecule has 0 bridgehead atoms. The summed E-state index contributed by atoms with van der Waals surface area (Å²) in [6, 6.07) is 8.47. The second-order valence-corrected chi connectivity index (χ2v) is 12.9. The van der Waals surface area contributed by atoms with Crippen molar-refractivity contribution in [3.63, 3.8) is 0 Å². The number of halogens is 6. The molecule has 2 aromatic rings. The minimum atomic E-state index is -5.34. The summed E-state index contributed by atoms with van der Waals surface area (Å²) in [5, 5.41) is 3.34. The van der Waals surface area contributed by atoms with Crippen molar-refractivity contribution in [1.29, 1.82) is 0 Å². The first kappa shape index (κ1) is 33.7. The fourth-order valence-electron chi connectivity index (χ4n) is 5.17. The highest BCUT2D eigenvalue weighted by molar-refractivity contribution is 7.99. The summed E-state index contributed by atoms with van der Waals surface area (Å²) < 4.78 is 90.7. The number of benzene rings is 2. The van der Waals surface area contributed by atoms with Crippen LogP contribution in [0.15, 0.2) is 52.3 Å². The fraction of sp³-hybridized carbons (Fsp3) is 0.484. The molecule has 2 amide bonds. The largest absolute Gasteiger partial charge is 0.418 e. The van der Waals surface area contributed by atoms with Gasteiger partial charge in [-0.25, -0.2) is 0 Å². The standard InChI is InChI=1S/C31H35F6N3O3S/c1-29(2,3)28(42)40-13-11-21(12-14-40)38-22-5-4-6-23(19-22)44-24-9-7-20(8-10-25(41)39-15-17-43-18-16-39)26(30(32,33)34)27(24)31(35,36)37/h4-10,19,21,38H,11-18H2,1-3H3/b10-8+. The molecular formula is C31H35F6N3O3S. The van der Waals surface area contributed by atoms with Gasteiger partial charge in [0, 0.05) is 59.2 Å². The van der Waals surface area contributed by atoms with Crippen molar-refractivity contribution in [3.8, 4) is 0 Å². The quantitative estimate of drug-likeness (QED) is 0.267. The molecule has 2 saturated heterocycles. The van der Waals surface area contributed by atoms with E-state index in [2.05, 4.69) is 5.32 Å². The van der Waals surface area contributed by atoms with E-state index in [-0.39, 0.29) is 38.3 Å². The van der Waals surface area contributed by atoms with Gasteiger partial charge in [0.25, 0.3) is 0 Å². The molecule has 44 heavy (non-hydrogen) atoms. The van der Waals surface area contributed by atoms with Gasteiger partial charge in [-0.1, -0.05) is 44.7 Å². The van der Waals surface area contributed by atoms with Crippen molar-refractivity contribution < 1.29 is 40.7 Å². The van der Waals surface area contributed by atoms with E-state index in [0.29, 0.717) is 48.3 Å². The lowest BCUT2D eigenvalue weighted by Crippen LogP contribution is -2.46. The van der Waals surface area contributed by atoms with E-state index in [4.69, 9.17) is 4.74 Å². The Kier molecular flexibility index (Phi) is 10.3. The van der Waals surface area contributed by atoms with Gasteiger partial charge in [-0.05, 0) is 48.7 Å². The zero-order chi connectivity index (χ0) is 32.3. The van der Waals surface area contributed by atoms with Crippen LogP contribution in [-0.4, -0.2) is 67.0 Å². The molecular weight excluding hydrogens is 608 g/mol. The molecule has 2 aliphatic rings. The highest BCUT2D eigenvalue weighted by Crippen LogP contribution is 2.48. The molecule has 6 nitrogen and oxygen atoms in total. The number of alkyl halides is 6. The molecule has 240 valence electrons. The van der Waals surface area contributed by atoms with Gasteiger partial charge in [0.15, 0.2) is 0 Å². The monoisotopic (exact) mass is 643 g/mol. The van der Waals surface area contributed by atoms with Crippen LogP contribution in [0.5, 0.6) is 0 Å². The Morgan fingerprint density at radius 2 is 1.52 bits per heavy atom. The predicted octanol–water partition coefficient (Wildman–Crippen LogP) is 7.20. The first-order valence-electron chi connectivity index (χ1n) is 14.2. The van der Waals surface area contributed by atoms with E-state index in [1.165, 1.54) is 11.0 Å². The van der Waals surface area contributed by atoms with E-state index in [0.717, 1.165) is 24.3 Å². The van der Waals surface area contributed by atoms with Crippen molar-refractivity contribution in [2.24, 2.45) is 5.41 Å². The predicted molar refractivity (Wildman–Crippen MR) is 156 cm³/mol. The summed E-state index contributed by atoms with van der Waals surface area (Å²) in [7, 11) is 0. The normalized spacial score (nSPS) is 17.3. The van der Waals surface area contributed by atoms with Crippen LogP contribution in [0.1, 0.15) is 50.3 Å². The van der Waals surface area contributed by atoms with Crippen LogP contribution in [0.4, 0.5) is 32.0 Å². The Bertz CT molecular complexity index is 1370. The van der Waals surface area contributed by atoms with Crippen LogP contribution < -0.4 is 5.32 Å². The molecule has 13 heteroatoms. The fourth-order valence-corrected chi connectivity index (χ4v) is 6.22. The first-order chi connectivity index (χ1) is 20.5. The average molecular weight is 644 g/mol. The second kappa shape index (κ2) is 13.4. The summed E-state index contributed by atoms with van der Waals surface area (Å²) in [4.78, 5) is 27.9. The molecule has 0 aliphatic carbocycles. The van der Waals surface area contributed by atoms with Gasteiger partial charge in [0.05, 0.1) is 24.3 Å². The lowest BCUT2D eigenvalue weighted by molar-refractivity contribution is -0.163. The van der Waals surface area contributed by atoms with Crippen LogP contribution in [0, 0.1) is 5.41 Å². The summed E-state index contributed by atoms with van der Waals surface area (Å²) in [6.45, 7) is 7.74. The number of morpholine rings is 1. The Morgan fingerprint density at radius 3 is 2.11 bits per heavy atom. The third-order valence-corrected chi connectivity index (χ3v) is 8.40. The maximum atomic E-state index is 14.3. The van der Waals surface area contributed by atoms with Crippen molar-refractivity contribution in [3.05, 3.63) is 59.2 Å². The number of carbonyl (C=O) groups excluding carboxylic acids is 2. The maximum absolute atomic E-state index is 14.3. The number of hydrogen-bond acceptors (Lipinski definition) is 5. The third kappa shape index (κ3) is 8.50. The molecule has 0 spiro atoms. The Balaban J connectivity index is 1.56. The summed E-state index contributed by atoms with van der Waals surface area (Å²) in [6.07, 6.45) is -7.66. The van der Waals surface area contributed by atoms with Crippen LogP contribution in [0.3, 0.4) is 0 Å². The summed E-state index contributed by atoms with van der Waals surface area (Å²) in [5.41, 5.74) is -4.26. The van der Waals surface area contributed by atoms with E-state index in [1.807, 2.05) is 25.7 Å². The molecule has 4 rings (SSSR count). The molecule has 2 fully saturated rings. The van der Waals surface area contributed by atoms with Crippen molar-refractivity contribution >= 4 is 35.3 Å². The van der Waals surface area contributed by atoms with E-state index in [9.17, 15) is 35.9 Å². The lowest BCUT2D eigenvalue weighted by atomic mass is 9.93. The Morgan fingerprint density at radius 1 is 0.886 bits per heavy atom. The van der Waals surface area contributed by atoms with E-state index < -0.39 is 45.3 Å². The van der Waals surface area contributed by atoms with Gasteiger partial charge < -0.3 is 19.9 Å². The second-order valence-electron chi connectivity index (χ2n) is 11.8. The molecule has 0 atom stereocenters. The third-order valence-electron chi connectivity index (χ3n) is 7.35. The Labute approximate surface area is 256 Å². The van der Waals surface area contributed by atoms with Crippen LogP contribution in [-0.2, 0) is 26.7 Å². The van der Waals surface area contributed by atoms with Crippen molar-refractivity contribution in [2.45, 2.75) is 61.8 Å². The number of piperidine rings is 1. The average Bonchev–Trinajstić information content (AvgIpc) is 2.95. The molecule has 1 N–H and O–H groups in total.